The van der Waals surface area contributed by atoms with Gasteiger partial charge in [0.15, 0.2) is 0 Å². The number of nitrogens with zero attached hydrogens (tertiary/aromatic N) is 1. The van der Waals surface area contributed by atoms with Gasteiger partial charge in [0.05, 0.1) is 0 Å². The normalized spacial score (nSPS) is 13.0. The topological polar surface area (TPSA) is 21.6 Å². The molecule has 2 aromatic rings. The molecule has 0 bridgehead atoms. The Kier molecular flexibility index (Phi) is 2.41. The highest BCUT2D eigenvalue weighted by Gasteiger charge is 2.09. The summed E-state index contributed by atoms with van der Waals surface area (Å²) >= 11 is 0. The van der Waals surface area contributed by atoms with Crippen LogP contribution in [0.4, 0.5) is 5.69 Å². The van der Waals surface area contributed by atoms with Crippen LogP contribution in [0.3, 0.4) is 0 Å². The molecule has 0 aromatic heterocycles. The monoisotopic (exact) mass is 223 g/mol. The van der Waals surface area contributed by atoms with Gasteiger partial charge in [-0.1, -0.05) is 30.3 Å². The van der Waals surface area contributed by atoms with Gasteiger partial charge in [-0.15, -0.1) is 0 Å². The fourth-order valence-corrected chi connectivity index (χ4v) is 2.07. The van der Waals surface area contributed by atoms with Crippen molar-refractivity contribution in [3.63, 3.8) is 0 Å². The second-order valence-corrected chi connectivity index (χ2v) is 4.12. The van der Waals surface area contributed by atoms with Gasteiger partial charge < -0.3 is 4.74 Å². The van der Waals surface area contributed by atoms with Crippen molar-refractivity contribution in [2.75, 3.05) is 6.61 Å². The Balaban J connectivity index is 2.12. The standard InChI is InChI=1S/C15H13NO/c1-11-4-2-3-5-13(11)12-6-7-15-14(10-12)16-8-9-17-15/h2-8,10H,9H2,1H3. The third kappa shape index (κ3) is 1.82. The van der Waals surface area contributed by atoms with E-state index in [1.807, 2.05) is 6.07 Å². The van der Waals surface area contributed by atoms with E-state index >= 15 is 0 Å². The van der Waals surface area contributed by atoms with Crippen LogP contribution >= 0.6 is 0 Å². The average molecular weight is 223 g/mol. The van der Waals surface area contributed by atoms with Crippen molar-refractivity contribution in [2.24, 2.45) is 4.99 Å². The number of hydrogen-bond acceptors (Lipinski definition) is 2. The largest absolute Gasteiger partial charge is 0.486 e. The minimum atomic E-state index is 0.566. The summed E-state index contributed by atoms with van der Waals surface area (Å²) in [6, 6.07) is 14.5. The highest BCUT2D eigenvalue weighted by Crippen LogP contribution is 2.34. The van der Waals surface area contributed by atoms with E-state index in [0.717, 1.165) is 11.4 Å². The number of benzene rings is 2. The SMILES string of the molecule is Cc1ccccc1-c1ccc2c(c1)N=CCO2. The van der Waals surface area contributed by atoms with Crippen molar-refractivity contribution in [2.45, 2.75) is 6.92 Å². The number of rotatable bonds is 1. The number of fused-ring (bicyclic) bond motifs is 1. The minimum Gasteiger partial charge on any atom is -0.486 e. The molecule has 0 atom stereocenters. The molecule has 2 nitrogen and oxygen atoms in total. The van der Waals surface area contributed by atoms with Crippen LogP contribution in [0.15, 0.2) is 47.5 Å². The molecule has 84 valence electrons. The first kappa shape index (κ1) is 10.1. The molecule has 0 saturated carbocycles. The third-order valence-electron chi connectivity index (χ3n) is 2.96. The summed E-state index contributed by atoms with van der Waals surface area (Å²) in [5, 5.41) is 0. The van der Waals surface area contributed by atoms with E-state index in [2.05, 4.69) is 48.3 Å². The Morgan fingerprint density at radius 3 is 2.88 bits per heavy atom. The van der Waals surface area contributed by atoms with Gasteiger partial charge in [-0.05, 0) is 35.7 Å². The second kappa shape index (κ2) is 4.06. The molecule has 0 fully saturated rings. The van der Waals surface area contributed by atoms with Crippen LogP contribution in [0.2, 0.25) is 0 Å². The minimum absolute atomic E-state index is 0.566. The predicted octanol–water partition coefficient (Wildman–Crippen LogP) is 3.76. The van der Waals surface area contributed by atoms with Gasteiger partial charge in [-0.25, -0.2) is 0 Å². The van der Waals surface area contributed by atoms with Crippen molar-refractivity contribution < 1.29 is 4.74 Å². The zero-order valence-corrected chi connectivity index (χ0v) is 9.68. The molecular formula is C15H13NO. The molecule has 0 saturated heterocycles. The van der Waals surface area contributed by atoms with Crippen LogP contribution in [-0.4, -0.2) is 12.8 Å². The fourth-order valence-electron chi connectivity index (χ4n) is 2.07. The molecule has 3 rings (SSSR count). The van der Waals surface area contributed by atoms with Crippen LogP contribution in [0, 0.1) is 6.92 Å². The molecule has 2 heteroatoms. The molecular weight excluding hydrogens is 210 g/mol. The van der Waals surface area contributed by atoms with Crippen molar-refractivity contribution in [3.05, 3.63) is 48.0 Å². The molecule has 1 heterocycles. The summed E-state index contributed by atoms with van der Waals surface area (Å²) in [5.41, 5.74) is 4.62. The van der Waals surface area contributed by atoms with Crippen molar-refractivity contribution in [3.8, 4) is 16.9 Å². The molecule has 0 spiro atoms. The molecule has 0 aliphatic carbocycles. The Morgan fingerprint density at radius 2 is 2.00 bits per heavy atom. The number of ether oxygens (including phenoxy) is 1. The van der Waals surface area contributed by atoms with E-state index in [9.17, 15) is 0 Å². The Morgan fingerprint density at radius 1 is 1.12 bits per heavy atom. The van der Waals surface area contributed by atoms with Crippen molar-refractivity contribution >= 4 is 11.9 Å². The average Bonchev–Trinajstić information content (AvgIpc) is 2.39. The maximum absolute atomic E-state index is 5.50. The predicted molar refractivity (Wildman–Crippen MR) is 70.3 cm³/mol. The lowest BCUT2D eigenvalue weighted by Crippen LogP contribution is -2.02. The van der Waals surface area contributed by atoms with Gasteiger partial charge in [0, 0.05) is 6.21 Å². The number of aliphatic imine (C=N–C) groups is 1. The fraction of sp³-hybridized carbons (Fsp3) is 0.133. The zero-order chi connectivity index (χ0) is 11.7. The molecule has 0 amide bonds. The Bertz CT molecular complexity index is 587. The summed E-state index contributed by atoms with van der Waals surface area (Å²) in [4.78, 5) is 4.36. The Hall–Kier alpha value is -2.09. The third-order valence-corrected chi connectivity index (χ3v) is 2.96. The van der Waals surface area contributed by atoms with Gasteiger partial charge in [0.25, 0.3) is 0 Å². The summed E-state index contributed by atoms with van der Waals surface area (Å²) in [6.07, 6.45) is 1.80. The lowest BCUT2D eigenvalue weighted by atomic mass is 10.00. The first-order valence-corrected chi connectivity index (χ1v) is 5.70. The maximum Gasteiger partial charge on any atom is 0.145 e. The van der Waals surface area contributed by atoms with Gasteiger partial charge in [-0.3, -0.25) is 4.99 Å². The first-order valence-electron chi connectivity index (χ1n) is 5.70. The van der Waals surface area contributed by atoms with E-state index in [0.29, 0.717) is 6.61 Å². The van der Waals surface area contributed by atoms with Crippen LogP contribution in [0.25, 0.3) is 11.1 Å². The molecule has 0 radical (unpaired) electrons. The van der Waals surface area contributed by atoms with E-state index < -0.39 is 0 Å². The first-order chi connectivity index (χ1) is 8.34. The number of aryl methyl sites for hydroxylation is 1. The zero-order valence-electron chi connectivity index (χ0n) is 9.68. The molecule has 0 unspecified atom stereocenters. The van der Waals surface area contributed by atoms with Crippen molar-refractivity contribution in [1.29, 1.82) is 0 Å². The molecule has 1 aliphatic heterocycles. The van der Waals surface area contributed by atoms with Gasteiger partial charge in [0.2, 0.25) is 0 Å². The van der Waals surface area contributed by atoms with E-state index in [1.165, 1.54) is 16.7 Å². The van der Waals surface area contributed by atoms with Gasteiger partial charge >= 0.3 is 0 Å². The van der Waals surface area contributed by atoms with E-state index in [4.69, 9.17) is 4.74 Å². The van der Waals surface area contributed by atoms with Crippen LogP contribution < -0.4 is 4.74 Å². The molecule has 2 aromatic carbocycles. The number of hydrogen-bond donors (Lipinski definition) is 0. The van der Waals surface area contributed by atoms with Gasteiger partial charge in [0.1, 0.15) is 18.0 Å². The van der Waals surface area contributed by atoms with Crippen LogP contribution in [0.1, 0.15) is 5.56 Å². The van der Waals surface area contributed by atoms with Gasteiger partial charge in [-0.2, -0.15) is 0 Å². The van der Waals surface area contributed by atoms with Crippen LogP contribution in [0.5, 0.6) is 5.75 Å². The summed E-state index contributed by atoms with van der Waals surface area (Å²) in [5.74, 6) is 0.866. The second-order valence-electron chi connectivity index (χ2n) is 4.12. The van der Waals surface area contributed by atoms with E-state index in [-0.39, 0.29) is 0 Å². The van der Waals surface area contributed by atoms with Crippen molar-refractivity contribution in [1.82, 2.24) is 0 Å². The van der Waals surface area contributed by atoms with E-state index in [1.54, 1.807) is 6.21 Å². The molecule has 0 N–H and O–H groups in total. The highest BCUT2D eigenvalue weighted by atomic mass is 16.5. The summed E-state index contributed by atoms with van der Waals surface area (Å²) < 4.78 is 5.50. The summed E-state index contributed by atoms with van der Waals surface area (Å²) in [6.45, 7) is 2.69. The molecule has 1 aliphatic rings. The Labute approximate surface area is 101 Å². The maximum atomic E-state index is 5.50. The lowest BCUT2D eigenvalue weighted by molar-refractivity contribution is 0.377. The quantitative estimate of drug-likeness (QED) is 0.721. The summed E-state index contributed by atoms with van der Waals surface area (Å²) in [7, 11) is 0. The smallest absolute Gasteiger partial charge is 0.145 e. The van der Waals surface area contributed by atoms with Crippen LogP contribution in [-0.2, 0) is 0 Å². The lowest BCUT2D eigenvalue weighted by Gasteiger charge is -2.13. The molecule has 17 heavy (non-hydrogen) atoms. The highest BCUT2D eigenvalue weighted by molar-refractivity contribution is 5.77.